The molecular formula is C30H26BrF3N4O4S2. The molecule has 3 aromatic heterocycles. The molecule has 8 nitrogen and oxygen atoms in total. The van der Waals surface area contributed by atoms with Gasteiger partial charge < -0.3 is 14.3 Å². The monoisotopic (exact) mass is 706 g/mol. The maximum absolute atomic E-state index is 13.1. The minimum absolute atomic E-state index is 0.132. The molecule has 0 unspecified atom stereocenters. The molecule has 0 bridgehead atoms. The van der Waals surface area contributed by atoms with E-state index in [0.717, 1.165) is 22.0 Å². The topological polar surface area (TPSA) is 106 Å². The number of halogens is 4. The first-order valence-corrected chi connectivity index (χ1v) is 16.5. The predicted octanol–water partition coefficient (Wildman–Crippen LogP) is 7.36. The number of likely N-dealkylation sites (N-methyl/N-ethyl adjacent to an activating group) is 1. The number of thiophene rings is 1. The number of anilines is 1. The molecule has 0 aliphatic carbocycles. The molecule has 5 aromatic rings. The Balaban J connectivity index is 1.51. The number of aryl methyl sites for hydroxylation is 1. The Bertz CT molecular complexity index is 1960. The van der Waals surface area contributed by atoms with Crippen LogP contribution in [0.1, 0.15) is 28.9 Å². The van der Waals surface area contributed by atoms with E-state index < -0.39 is 15.5 Å². The van der Waals surface area contributed by atoms with Crippen molar-refractivity contribution >= 4 is 65.9 Å². The van der Waals surface area contributed by atoms with Gasteiger partial charge >= 0.3 is 15.5 Å². The van der Waals surface area contributed by atoms with E-state index in [-0.39, 0.29) is 22.9 Å². The van der Waals surface area contributed by atoms with Gasteiger partial charge in [-0.1, -0.05) is 31.2 Å². The van der Waals surface area contributed by atoms with Gasteiger partial charge in [0.25, 0.3) is 0 Å². The number of aromatic nitrogens is 2. The van der Waals surface area contributed by atoms with Crippen molar-refractivity contribution in [2.45, 2.75) is 31.8 Å². The number of carbonyl (C=O) groups is 1. The first kappa shape index (κ1) is 31.5. The maximum atomic E-state index is 13.1. The van der Waals surface area contributed by atoms with Crippen molar-refractivity contribution in [2.75, 3.05) is 11.8 Å². The predicted molar refractivity (Wildman–Crippen MR) is 169 cm³/mol. The van der Waals surface area contributed by atoms with Gasteiger partial charge in [-0.15, -0.1) is 11.3 Å². The Labute approximate surface area is 263 Å². The molecule has 2 N–H and O–H groups in total. The van der Waals surface area contributed by atoms with Crippen molar-refractivity contribution in [3.05, 3.63) is 98.2 Å². The van der Waals surface area contributed by atoms with E-state index >= 15 is 0 Å². The lowest BCUT2D eigenvalue weighted by Gasteiger charge is -2.13. The number of fused-ring (bicyclic) bond motifs is 1. The number of nitrogens with zero attached hydrogens (tertiary/aromatic N) is 2. The molecule has 230 valence electrons. The highest BCUT2D eigenvalue weighted by atomic mass is 79.9. The smallest absolute Gasteiger partial charge is 0.455 e. The number of para-hydroxylation sites is 1. The molecule has 0 spiro atoms. The Morgan fingerprint density at radius 1 is 1.16 bits per heavy atom. The highest BCUT2D eigenvalue weighted by Crippen LogP contribution is 2.42. The molecule has 0 atom stereocenters. The van der Waals surface area contributed by atoms with E-state index in [2.05, 4.69) is 26.2 Å². The van der Waals surface area contributed by atoms with Crippen LogP contribution in [-0.2, 0) is 34.2 Å². The molecule has 0 saturated carbocycles. The molecule has 0 aliphatic heterocycles. The van der Waals surface area contributed by atoms with Gasteiger partial charge in [-0.05, 0) is 63.3 Å². The zero-order chi connectivity index (χ0) is 31.6. The van der Waals surface area contributed by atoms with Gasteiger partial charge in [0, 0.05) is 47.8 Å². The van der Waals surface area contributed by atoms with Crippen molar-refractivity contribution in [1.82, 2.24) is 14.9 Å². The van der Waals surface area contributed by atoms with Crippen molar-refractivity contribution in [2.24, 2.45) is 0 Å². The average Bonchev–Trinajstić information content (AvgIpc) is 3.72. The fourth-order valence-corrected chi connectivity index (χ4v) is 6.60. The summed E-state index contributed by atoms with van der Waals surface area (Å²) in [6.45, 7) is 2.41. The largest absolute Gasteiger partial charge is 0.516 e. The van der Waals surface area contributed by atoms with Crippen LogP contribution in [0.25, 0.3) is 28.4 Å². The van der Waals surface area contributed by atoms with E-state index in [1.165, 1.54) is 18.2 Å². The molecule has 3 heterocycles. The van der Waals surface area contributed by atoms with Crippen LogP contribution in [0, 0.1) is 0 Å². The summed E-state index contributed by atoms with van der Waals surface area (Å²) in [5, 5.41) is 5.32. The summed E-state index contributed by atoms with van der Waals surface area (Å²) in [4.78, 5) is 18.4. The Hall–Kier alpha value is -3.88. The highest BCUT2D eigenvalue weighted by molar-refractivity contribution is 9.10. The number of amides is 1. The van der Waals surface area contributed by atoms with Crippen LogP contribution in [0.4, 0.5) is 18.9 Å². The molecule has 0 aliphatic rings. The summed E-state index contributed by atoms with van der Waals surface area (Å²) in [6.07, 6.45) is 4.70. The zero-order valence-electron chi connectivity index (χ0n) is 23.4. The van der Waals surface area contributed by atoms with Crippen molar-refractivity contribution < 1.29 is 30.8 Å². The zero-order valence-corrected chi connectivity index (χ0v) is 26.6. The molecule has 5 rings (SSSR count). The molecule has 1 amide bonds. The quantitative estimate of drug-likeness (QED) is 0.148. The second-order valence-corrected chi connectivity index (χ2v) is 13.2. The van der Waals surface area contributed by atoms with E-state index in [1.807, 2.05) is 47.2 Å². The average molecular weight is 708 g/mol. The second-order valence-electron chi connectivity index (χ2n) is 9.72. The van der Waals surface area contributed by atoms with E-state index in [1.54, 1.807) is 41.4 Å². The molecule has 2 aromatic carbocycles. The molecule has 44 heavy (non-hydrogen) atoms. The van der Waals surface area contributed by atoms with Gasteiger partial charge in [0.15, 0.2) is 5.76 Å². The number of hydrogen-bond donors (Lipinski definition) is 2. The SMILES string of the molecule is CCc1ncc(/C=C(\Cc2cccs2)C(=O)NC)n1Cc1ccc2oc(-c3ccccc3NS(=O)(=O)C(F)(F)F)c(Br)c2c1. The number of benzene rings is 2. The van der Waals surface area contributed by atoms with Crippen LogP contribution in [0.2, 0.25) is 0 Å². The minimum Gasteiger partial charge on any atom is -0.455 e. The van der Waals surface area contributed by atoms with Crippen LogP contribution in [0.15, 0.2) is 80.6 Å². The van der Waals surface area contributed by atoms with Crippen LogP contribution < -0.4 is 10.0 Å². The number of carbonyl (C=O) groups excluding carboxylic acids is 1. The lowest BCUT2D eigenvalue weighted by molar-refractivity contribution is -0.117. The summed E-state index contributed by atoms with van der Waals surface area (Å²) in [7, 11) is -4.05. The van der Waals surface area contributed by atoms with Crippen LogP contribution >= 0.6 is 27.3 Å². The third-order valence-electron chi connectivity index (χ3n) is 6.82. The molecule has 0 radical (unpaired) electrons. The third kappa shape index (κ3) is 6.47. The number of sulfonamides is 1. The van der Waals surface area contributed by atoms with Gasteiger partial charge in [-0.25, -0.2) is 4.98 Å². The highest BCUT2D eigenvalue weighted by Gasteiger charge is 2.46. The van der Waals surface area contributed by atoms with E-state index in [9.17, 15) is 26.4 Å². The summed E-state index contributed by atoms with van der Waals surface area (Å²) in [5.74, 6) is 0.807. The third-order valence-corrected chi connectivity index (χ3v) is 9.59. The van der Waals surface area contributed by atoms with Crippen LogP contribution in [0.3, 0.4) is 0 Å². The van der Waals surface area contributed by atoms with Crippen LogP contribution in [-0.4, -0.2) is 36.4 Å². The van der Waals surface area contributed by atoms with Crippen molar-refractivity contribution in [3.8, 4) is 11.3 Å². The first-order valence-electron chi connectivity index (χ1n) is 13.3. The molecule has 14 heteroatoms. The second kappa shape index (κ2) is 12.6. The summed E-state index contributed by atoms with van der Waals surface area (Å²) in [5.41, 5.74) is -2.95. The maximum Gasteiger partial charge on any atom is 0.516 e. The Morgan fingerprint density at radius 3 is 2.61 bits per heavy atom. The normalized spacial score (nSPS) is 12.5. The summed E-state index contributed by atoms with van der Waals surface area (Å²) in [6, 6.07) is 15.1. The fourth-order valence-electron chi connectivity index (χ4n) is 4.69. The summed E-state index contributed by atoms with van der Waals surface area (Å²) < 4.78 is 73.0. The molecular weight excluding hydrogens is 681 g/mol. The fraction of sp³-hybridized carbons (Fsp3) is 0.200. The number of nitrogens with one attached hydrogen (secondary N) is 2. The first-order chi connectivity index (χ1) is 20.9. The van der Waals surface area contributed by atoms with Crippen LogP contribution in [0.5, 0.6) is 0 Å². The van der Waals surface area contributed by atoms with Gasteiger partial charge in [-0.2, -0.15) is 21.6 Å². The number of rotatable bonds is 10. The van der Waals surface area contributed by atoms with E-state index in [4.69, 9.17) is 4.42 Å². The lowest BCUT2D eigenvalue weighted by Crippen LogP contribution is -2.30. The van der Waals surface area contributed by atoms with Crippen molar-refractivity contribution in [1.29, 1.82) is 0 Å². The molecule has 0 saturated heterocycles. The molecule has 0 fully saturated rings. The number of furan rings is 1. The van der Waals surface area contributed by atoms with Crippen molar-refractivity contribution in [3.63, 3.8) is 0 Å². The van der Waals surface area contributed by atoms with Gasteiger partial charge in [0.1, 0.15) is 11.4 Å². The summed E-state index contributed by atoms with van der Waals surface area (Å²) >= 11 is 5.09. The minimum atomic E-state index is -5.65. The number of hydrogen-bond acceptors (Lipinski definition) is 6. The van der Waals surface area contributed by atoms with Gasteiger partial charge in [0.2, 0.25) is 5.91 Å². The van der Waals surface area contributed by atoms with Gasteiger partial charge in [0.05, 0.1) is 22.1 Å². The van der Waals surface area contributed by atoms with Gasteiger partial charge in [-0.3, -0.25) is 9.52 Å². The van der Waals surface area contributed by atoms with E-state index in [0.29, 0.717) is 40.4 Å². The number of imidazole rings is 1. The lowest BCUT2D eigenvalue weighted by atomic mass is 10.1. The Morgan fingerprint density at radius 2 is 1.93 bits per heavy atom. The number of alkyl halides is 3. The standard InChI is InChI=1S/C30H26BrF3N4O4S2/c1-3-26-36-16-20(14-19(29(39)35-2)15-21-7-6-12-43-21)38(26)17-18-10-11-25-23(13-18)27(31)28(42-25)22-8-4-5-9-24(22)37-44(40,41)30(32,33)34/h4-14,16,37H,3,15,17H2,1-2H3,(H,35,39)/b19-14+. The Kier molecular flexibility index (Phi) is 9.05.